The molecule has 4 rings (SSSR count). The molecule has 0 radical (unpaired) electrons. The molecule has 2 N–H and O–H groups in total. The van der Waals surface area contributed by atoms with Crippen molar-refractivity contribution < 1.29 is 19.1 Å². The number of benzene rings is 2. The summed E-state index contributed by atoms with van der Waals surface area (Å²) in [6.45, 7) is 0. The molecule has 3 aromatic rings. The zero-order valence-corrected chi connectivity index (χ0v) is 15.5. The maximum absolute atomic E-state index is 12.8. The molecule has 1 aliphatic rings. The minimum Gasteiger partial charge on any atom is -0.465 e. The van der Waals surface area contributed by atoms with Gasteiger partial charge < -0.3 is 9.72 Å². The van der Waals surface area contributed by atoms with Crippen molar-refractivity contribution in [3.63, 3.8) is 0 Å². The highest BCUT2D eigenvalue weighted by Gasteiger charge is 2.47. The summed E-state index contributed by atoms with van der Waals surface area (Å²) >= 11 is 0. The minimum absolute atomic E-state index is 0.0994. The van der Waals surface area contributed by atoms with Gasteiger partial charge in [-0.05, 0) is 36.1 Å². The first kappa shape index (κ1) is 18.0. The SMILES string of the molecule is COC(=O)c1c[nH]c2ccc(C3(CCc4ccccc4)CC(=O)NC3=O)cc12. The fourth-order valence-corrected chi connectivity index (χ4v) is 3.92. The van der Waals surface area contributed by atoms with E-state index in [1.807, 2.05) is 48.5 Å². The van der Waals surface area contributed by atoms with Crippen LogP contribution in [0.25, 0.3) is 10.9 Å². The third kappa shape index (κ3) is 2.97. The Bertz CT molecular complexity index is 1070. The maximum Gasteiger partial charge on any atom is 0.340 e. The van der Waals surface area contributed by atoms with Crippen LogP contribution in [0.2, 0.25) is 0 Å². The van der Waals surface area contributed by atoms with Gasteiger partial charge in [0.05, 0.1) is 18.1 Å². The summed E-state index contributed by atoms with van der Waals surface area (Å²) in [4.78, 5) is 40.0. The van der Waals surface area contributed by atoms with Crippen LogP contribution in [-0.2, 0) is 26.2 Å². The van der Waals surface area contributed by atoms with Crippen molar-refractivity contribution in [1.29, 1.82) is 0 Å². The van der Waals surface area contributed by atoms with Crippen molar-refractivity contribution in [1.82, 2.24) is 10.3 Å². The van der Waals surface area contributed by atoms with Crippen LogP contribution in [0, 0.1) is 0 Å². The van der Waals surface area contributed by atoms with E-state index in [9.17, 15) is 14.4 Å². The lowest BCUT2D eigenvalue weighted by atomic mass is 9.74. The highest BCUT2D eigenvalue weighted by Crippen LogP contribution is 2.38. The zero-order chi connectivity index (χ0) is 19.7. The highest BCUT2D eigenvalue weighted by atomic mass is 16.5. The normalized spacial score (nSPS) is 19.0. The van der Waals surface area contributed by atoms with E-state index >= 15 is 0 Å². The van der Waals surface area contributed by atoms with Crippen LogP contribution < -0.4 is 5.32 Å². The Kier molecular flexibility index (Phi) is 4.47. The van der Waals surface area contributed by atoms with Crippen LogP contribution in [0.1, 0.15) is 34.3 Å². The Morgan fingerprint density at radius 1 is 1.14 bits per heavy atom. The number of imide groups is 1. The van der Waals surface area contributed by atoms with Gasteiger partial charge in [0.2, 0.25) is 11.8 Å². The van der Waals surface area contributed by atoms with E-state index in [0.717, 1.165) is 16.6 Å². The number of nitrogens with one attached hydrogen (secondary N) is 2. The molecule has 0 bridgehead atoms. The first-order chi connectivity index (χ1) is 13.5. The van der Waals surface area contributed by atoms with Crippen molar-refractivity contribution in [2.75, 3.05) is 7.11 Å². The first-order valence-electron chi connectivity index (χ1n) is 9.12. The molecule has 2 amide bonds. The molecule has 1 aliphatic heterocycles. The average molecular weight is 376 g/mol. The molecule has 1 aromatic heterocycles. The molecule has 2 aromatic carbocycles. The number of aromatic nitrogens is 1. The number of amides is 2. The molecule has 0 aliphatic carbocycles. The molecule has 2 heterocycles. The number of H-pyrrole nitrogens is 1. The van der Waals surface area contributed by atoms with Gasteiger partial charge in [-0.15, -0.1) is 0 Å². The van der Waals surface area contributed by atoms with Crippen molar-refractivity contribution in [3.05, 3.63) is 71.4 Å². The van der Waals surface area contributed by atoms with E-state index in [0.29, 0.717) is 23.8 Å². The molecule has 28 heavy (non-hydrogen) atoms. The fourth-order valence-electron chi connectivity index (χ4n) is 3.92. The molecular formula is C22H20N2O4. The number of ether oxygens (including phenoxy) is 1. The molecule has 0 saturated carbocycles. The lowest BCUT2D eigenvalue weighted by Crippen LogP contribution is -2.36. The Morgan fingerprint density at radius 2 is 1.93 bits per heavy atom. The van der Waals surface area contributed by atoms with E-state index in [2.05, 4.69) is 10.3 Å². The quantitative estimate of drug-likeness (QED) is 0.529. The summed E-state index contributed by atoms with van der Waals surface area (Å²) in [5, 5.41) is 3.13. The monoisotopic (exact) mass is 376 g/mol. The van der Waals surface area contributed by atoms with Gasteiger partial charge in [-0.1, -0.05) is 36.4 Å². The Hall–Kier alpha value is -3.41. The molecular weight excluding hydrogens is 356 g/mol. The van der Waals surface area contributed by atoms with E-state index in [4.69, 9.17) is 4.74 Å². The second kappa shape index (κ2) is 6.96. The van der Waals surface area contributed by atoms with Gasteiger partial charge in [-0.2, -0.15) is 0 Å². The predicted molar refractivity (Wildman–Crippen MR) is 104 cm³/mol. The van der Waals surface area contributed by atoms with Crippen LogP contribution in [0.3, 0.4) is 0 Å². The third-order valence-corrected chi connectivity index (χ3v) is 5.47. The van der Waals surface area contributed by atoms with Gasteiger partial charge >= 0.3 is 5.97 Å². The van der Waals surface area contributed by atoms with E-state index < -0.39 is 11.4 Å². The van der Waals surface area contributed by atoms with Gasteiger partial charge in [0.1, 0.15) is 0 Å². The maximum atomic E-state index is 12.8. The molecule has 1 atom stereocenters. The third-order valence-electron chi connectivity index (χ3n) is 5.47. The molecule has 6 nitrogen and oxygen atoms in total. The number of aryl methyl sites for hydroxylation is 1. The van der Waals surface area contributed by atoms with E-state index in [1.54, 1.807) is 6.20 Å². The number of fused-ring (bicyclic) bond motifs is 1. The van der Waals surface area contributed by atoms with Crippen molar-refractivity contribution >= 4 is 28.7 Å². The van der Waals surface area contributed by atoms with Gasteiger partial charge in [0.25, 0.3) is 0 Å². The minimum atomic E-state index is -0.953. The van der Waals surface area contributed by atoms with Crippen LogP contribution in [0.15, 0.2) is 54.7 Å². The topological polar surface area (TPSA) is 88.3 Å². The van der Waals surface area contributed by atoms with Gasteiger partial charge in [-0.3, -0.25) is 14.9 Å². The largest absolute Gasteiger partial charge is 0.465 e. The fraction of sp³-hybridized carbons (Fsp3) is 0.227. The number of esters is 1. The molecule has 6 heteroatoms. The number of methoxy groups -OCH3 is 1. The standard InChI is InChI=1S/C22H20N2O4/c1-28-20(26)17-13-23-18-8-7-15(11-16(17)18)22(12-19(25)24-21(22)27)10-9-14-5-3-2-4-6-14/h2-8,11,13,23H,9-10,12H2,1H3,(H,24,25,27). The number of carbonyl (C=O) groups excluding carboxylic acids is 3. The predicted octanol–water partition coefficient (Wildman–Crippen LogP) is 2.87. The van der Waals surface area contributed by atoms with E-state index in [-0.39, 0.29) is 18.2 Å². The molecule has 0 spiro atoms. The molecule has 1 unspecified atom stereocenters. The lowest BCUT2D eigenvalue weighted by molar-refractivity contribution is -0.126. The summed E-state index contributed by atoms with van der Waals surface area (Å²) in [5.41, 5.74) is 2.05. The second-order valence-electron chi connectivity index (χ2n) is 7.08. The molecule has 1 fully saturated rings. The van der Waals surface area contributed by atoms with Crippen molar-refractivity contribution in [2.24, 2.45) is 0 Å². The number of hydrogen-bond acceptors (Lipinski definition) is 4. The summed E-state index contributed by atoms with van der Waals surface area (Å²) < 4.78 is 4.84. The number of rotatable bonds is 5. The summed E-state index contributed by atoms with van der Waals surface area (Å²) in [5.74, 6) is -1.02. The van der Waals surface area contributed by atoms with Crippen molar-refractivity contribution in [3.8, 4) is 0 Å². The lowest BCUT2D eigenvalue weighted by Gasteiger charge is -2.26. The van der Waals surface area contributed by atoms with Crippen LogP contribution in [0.5, 0.6) is 0 Å². The number of carbonyl (C=O) groups is 3. The van der Waals surface area contributed by atoms with Crippen LogP contribution >= 0.6 is 0 Å². The summed E-state index contributed by atoms with van der Waals surface area (Å²) in [6, 6.07) is 15.4. The Balaban J connectivity index is 1.77. The number of aromatic amines is 1. The average Bonchev–Trinajstić information content (AvgIpc) is 3.26. The van der Waals surface area contributed by atoms with Gasteiger partial charge in [-0.25, -0.2) is 4.79 Å². The summed E-state index contributed by atoms with van der Waals surface area (Å²) in [7, 11) is 1.33. The van der Waals surface area contributed by atoms with Crippen molar-refractivity contribution in [2.45, 2.75) is 24.7 Å². The first-order valence-corrected chi connectivity index (χ1v) is 9.12. The zero-order valence-electron chi connectivity index (χ0n) is 15.5. The van der Waals surface area contributed by atoms with Crippen LogP contribution in [0.4, 0.5) is 0 Å². The molecule has 1 saturated heterocycles. The molecule has 142 valence electrons. The summed E-state index contributed by atoms with van der Waals surface area (Å²) in [6.07, 6.45) is 2.85. The smallest absolute Gasteiger partial charge is 0.340 e. The highest BCUT2D eigenvalue weighted by molar-refractivity contribution is 6.10. The Labute approximate surface area is 161 Å². The number of hydrogen-bond donors (Lipinski definition) is 2. The van der Waals surface area contributed by atoms with E-state index in [1.165, 1.54) is 7.11 Å². The van der Waals surface area contributed by atoms with Crippen LogP contribution in [-0.4, -0.2) is 29.9 Å². The Morgan fingerprint density at radius 3 is 2.61 bits per heavy atom. The second-order valence-corrected chi connectivity index (χ2v) is 7.08. The van der Waals surface area contributed by atoms with Gasteiger partial charge in [0.15, 0.2) is 0 Å². The van der Waals surface area contributed by atoms with Gasteiger partial charge in [0, 0.05) is 23.5 Å².